The third-order valence-electron chi connectivity index (χ3n) is 16.4. The third kappa shape index (κ3) is 6.93. The van der Waals surface area contributed by atoms with E-state index in [0.717, 1.165) is 44.9 Å². The normalized spacial score (nSPS) is 13.6. The van der Waals surface area contributed by atoms with Gasteiger partial charge < -0.3 is 9.13 Å². The van der Waals surface area contributed by atoms with Crippen molar-refractivity contribution < 1.29 is 0 Å². The maximum Gasteiger partial charge on any atom is 0.0724 e. The first-order valence-corrected chi connectivity index (χ1v) is 26.0. The van der Waals surface area contributed by atoms with Crippen molar-refractivity contribution >= 4 is 11.0 Å². The lowest BCUT2D eigenvalue weighted by Gasteiger charge is -2.22. The summed E-state index contributed by atoms with van der Waals surface area (Å²) in [5.74, 6) is 0. The molecule has 12 aromatic rings. The molecule has 0 fully saturated rings. The quantitative estimate of drug-likeness (QED) is 0.144. The van der Waals surface area contributed by atoms with Crippen LogP contribution < -0.4 is 0 Å². The van der Waals surface area contributed by atoms with E-state index in [9.17, 15) is 0 Å². The molecular weight excluding hydrogens is 893 g/mol. The molecule has 0 radical (unpaired) electrons. The zero-order valence-corrected chi connectivity index (χ0v) is 42.1. The van der Waals surface area contributed by atoms with E-state index in [1.54, 1.807) is 0 Å². The Kier molecular flexibility index (Phi) is 9.94. The zero-order chi connectivity index (χ0) is 49.7. The Balaban J connectivity index is 0.907. The highest BCUT2D eigenvalue weighted by Crippen LogP contribution is 2.51. The molecule has 74 heavy (non-hydrogen) atoms. The molecule has 0 spiro atoms. The highest BCUT2D eigenvalue weighted by molar-refractivity contribution is 5.95. The molecule has 2 nitrogen and oxygen atoms in total. The number of hydrogen-bond donors (Lipinski definition) is 0. The number of hydrogen-bond acceptors (Lipinski definition) is 0. The average Bonchev–Trinajstić information content (AvgIpc) is 4.15. The van der Waals surface area contributed by atoms with Gasteiger partial charge in [0.05, 0.1) is 22.4 Å². The zero-order valence-electron chi connectivity index (χ0n) is 42.1. The van der Waals surface area contributed by atoms with Gasteiger partial charge in [0.2, 0.25) is 0 Å². The number of aromatic nitrogens is 2. The largest absolute Gasteiger partial charge is 0.308 e. The first kappa shape index (κ1) is 43.8. The lowest BCUT2D eigenvalue weighted by Crippen LogP contribution is -2.14. The molecule has 0 aliphatic heterocycles. The van der Waals surface area contributed by atoms with Gasteiger partial charge in [0.25, 0.3) is 0 Å². The van der Waals surface area contributed by atoms with Gasteiger partial charge in [0, 0.05) is 22.2 Å². The van der Waals surface area contributed by atoms with Gasteiger partial charge in [-0.25, -0.2) is 0 Å². The van der Waals surface area contributed by atoms with Crippen molar-refractivity contribution in [2.75, 3.05) is 0 Å². The molecule has 0 N–H and O–H groups in total. The van der Waals surface area contributed by atoms with Crippen LogP contribution in [0.4, 0.5) is 0 Å². The molecule has 0 unspecified atom stereocenters. The summed E-state index contributed by atoms with van der Waals surface area (Å²) in [6.07, 6.45) is 0. The van der Waals surface area contributed by atoms with Crippen LogP contribution in [0.5, 0.6) is 0 Å². The second kappa shape index (κ2) is 16.8. The van der Waals surface area contributed by atoms with Crippen molar-refractivity contribution in [1.82, 2.24) is 9.13 Å². The van der Waals surface area contributed by atoms with Crippen LogP contribution in [0.25, 0.3) is 112 Å². The van der Waals surface area contributed by atoms with Crippen molar-refractivity contribution in [3.8, 4) is 101 Å². The van der Waals surface area contributed by atoms with E-state index in [0.29, 0.717) is 0 Å². The van der Waals surface area contributed by atoms with E-state index in [2.05, 4.69) is 292 Å². The van der Waals surface area contributed by atoms with Crippen LogP contribution in [0.15, 0.2) is 255 Å². The maximum absolute atomic E-state index is 2.46. The molecule has 0 amide bonds. The predicted octanol–water partition coefficient (Wildman–Crippen LogP) is 19.0. The monoisotopic (exact) mass is 946 g/mol. The van der Waals surface area contributed by atoms with Crippen LogP contribution in [-0.2, 0) is 10.8 Å². The average molecular weight is 947 g/mol. The third-order valence-corrected chi connectivity index (χ3v) is 16.4. The van der Waals surface area contributed by atoms with Gasteiger partial charge in [-0.2, -0.15) is 0 Å². The van der Waals surface area contributed by atoms with E-state index >= 15 is 0 Å². The number of benzene rings is 10. The predicted molar refractivity (Wildman–Crippen MR) is 310 cm³/mol. The van der Waals surface area contributed by atoms with E-state index < -0.39 is 0 Å². The van der Waals surface area contributed by atoms with Crippen molar-refractivity contribution in [2.24, 2.45) is 0 Å². The van der Waals surface area contributed by atoms with Gasteiger partial charge in [-0.1, -0.05) is 234 Å². The minimum Gasteiger partial charge on any atom is -0.308 e. The fraction of sp³-hybridized carbons (Fsp3) is 0.0833. The van der Waals surface area contributed by atoms with Crippen LogP contribution in [0.3, 0.4) is 0 Å². The second-order valence-electron chi connectivity index (χ2n) is 21.3. The SMILES string of the molecule is CC1(C)c2ccccc2-c2ccc(-c3ccc(-c4cc5c(cc(-c6ccc(-c7ccc8c(c7)C(C)(C)c7ccccc7-8)cc6)n5-c5ccc(-c6ccccc6)cc5)n4-c4ccc(-c5ccccc5)cc4)cc3)cc21. The molecule has 2 heterocycles. The molecule has 0 bridgehead atoms. The molecule has 2 heteroatoms. The Bertz CT molecular complexity index is 3840. The number of rotatable bonds is 8. The Morgan fingerprint density at radius 1 is 0.230 bits per heavy atom. The van der Waals surface area contributed by atoms with Crippen LogP contribution in [0.1, 0.15) is 49.9 Å². The minimum absolute atomic E-state index is 0.0609. The second-order valence-corrected chi connectivity index (χ2v) is 21.3. The molecule has 0 saturated heterocycles. The van der Waals surface area contributed by atoms with Gasteiger partial charge in [-0.15, -0.1) is 0 Å². The molecule has 2 aromatic heterocycles. The van der Waals surface area contributed by atoms with Crippen LogP contribution in [0, 0.1) is 0 Å². The molecule has 2 aliphatic rings. The molecule has 10 aromatic carbocycles. The Hall–Kier alpha value is -8.98. The van der Waals surface area contributed by atoms with E-state index in [1.165, 1.54) is 89.0 Å². The van der Waals surface area contributed by atoms with Crippen molar-refractivity contribution in [3.63, 3.8) is 0 Å². The smallest absolute Gasteiger partial charge is 0.0724 e. The van der Waals surface area contributed by atoms with Crippen LogP contribution in [0.2, 0.25) is 0 Å². The summed E-state index contributed by atoms with van der Waals surface area (Å²) in [5.41, 5.74) is 29.6. The standard InChI is InChI=1S/C72H54N2/c1-71(2)63-21-13-11-19-59(63)61-41-35-55(43-65(61)71)51-23-27-53(28-24-51)67-45-69-70(73(67)57-37-31-49(32-38-57)47-15-7-5-8-16-47)46-68(74(69)58-39-33-50(34-40-58)48-17-9-6-10-18-48)54-29-25-52(26-30-54)56-36-42-62-60-20-12-14-22-64(60)72(3,4)66(62)44-56/h5-46H,1-4H3. The van der Waals surface area contributed by atoms with Crippen molar-refractivity contribution in [3.05, 3.63) is 277 Å². The summed E-state index contributed by atoms with van der Waals surface area (Å²) >= 11 is 0. The highest BCUT2D eigenvalue weighted by Gasteiger charge is 2.36. The molecule has 352 valence electrons. The van der Waals surface area contributed by atoms with Crippen LogP contribution in [-0.4, -0.2) is 9.13 Å². The molecule has 14 rings (SSSR count). The minimum atomic E-state index is -0.0609. The fourth-order valence-corrected chi connectivity index (χ4v) is 12.4. The first-order valence-electron chi connectivity index (χ1n) is 26.0. The molecule has 0 saturated carbocycles. The summed E-state index contributed by atoms with van der Waals surface area (Å²) in [6, 6.07) is 94.5. The van der Waals surface area contributed by atoms with Crippen LogP contribution >= 0.6 is 0 Å². The Labute approximate surface area is 434 Å². The van der Waals surface area contributed by atoms with Gasteiger partial charge >= 0.3 is 0 Å². The van der Waals surface area contributed by atoms with Crippen molar-refractivity contribution in [1.29, 1.82) is 0 Å². The highest BCUT2D eigenvalue weighted by atomic mass is 15.1. The van der Waals surface area contributed by atoms with Gasteiger partial charge in [0.1, 0.15) is 0 Å². The topological polar surface area (TPSA) is 9.86 Å². The molecule has 2 aliphatic carbocycles. The fourth-order valence-electron chi connectivity index (χ4n) is 12.4. The van der Waals surface area contributed by atoms with E-state index in [4.69, 9.17) is 0 Å². The summed E-state index contributed by atoms with van der Waals surface area (Å²) in [6.45, 7) is 9.43. The van der Waals surface area contributed by atoms with E-state index in [-0.39, 0.29) is 10.8 Å². The molecule has 0 atom stereocenters. The summed E-state index contributed by atoms with van der Waals surface area (Å²) in [7, 11) is 0. The van der Waals surface area contributed by atoms with Gasteiger partial charge in [-0.3, -0.25) is 0 Å². The summed E-state index contributed by atoms with van der Waals surface area (Å²) in [4.78, 5) is 0. The Morgan fingerprint density at radius 2 is 0.514 bits per heavy atom. The maximum atomic E-state index is 2.46. The molecular formula is C72H54N2. The number of fused-ring (bicyclic) bond motifs is 7. The Morgan fingerprint density at radius 3 is 0.905 bits per heavy atom. The van der Waals surface area contributed by atoms with E-state index in [1.807, 2.05) is 0 Å². The lowest BCUT2D eigenvalue weighted by atomic mass is 9.81. The first-order chi connectivity index (χ1) is 36.2. The van der Waals surface area contributed by atoms with Gasteiger partial charge in [0.15, 0.2) is 0 Å². The summed E-state index contributed by atoms with van der Waals surface area (Å²) < 4.78 is 4.93. The van der Waals surface area contributed by atoms with Crippen molar-refractivity contribution in [2.45, 2.75) is 38.5 Å². The number of nitrogens with zero attached hydrogens (tertiary/aromatic N) is 2. The lowest BCUT2D eigenvalue weighted by molar-refractivity contribution is 0.660. The summed E-state index contributed by atoms with van der Waals surface area (Å²) in [5, 5.41) is 0. The van der Waals surface area contributed by atoms with Gasteiger partial charge in [-0.05, 0) is 149 Å².